The first kappa shape index (κ1) is 10.2. The summed E-state index contributed by atoms with van der Waals surface area (Å²) in [6, 6.07) is 0. The molecule has 2 atom stereocenters. The Bertz CT molecular complexity index is 186. The molecule has 70 valence electrons. The third-order valence-corrected chi connectivity index (χ3v) is 3.67. The maximum absolute atomic E-state index is 10.9. The zero-order valence-corrected chi connectivity index (χ0v) is 9.65. The van der Waals surface area contributed by atoms with Gasteiger partial charge >= 0.3 is 0 Å². The van der Waals surface area contributed by atoms with Crippen LogP contribution in [0, 0.1) is 17.3 Å². The first-order valence-electron chi connectivity index (χ1n) is 4.55. The summed E-state index contributed by atoms with van der Waals surface area (Å²) in [6.07, 6.45) is 2.00. The Morgan fingerprint density at radius 3 is 2.42 bits per heavy atom. The maximum Gasteiger partial charge on any atom is 0.130 e. The van der Waals surface area contributed by atoms with Crippen LogP contribution in [0.3, 0.4) is 0 Å². The number of ketones is 1. The van der Waals surface area contributed by atoms with Crippen LogP contribution in [0.25, 0.3) is 0 Å². The van der Waals surface area contributed by atoms with Gasteiger partial charge in [-0.15, -0.1) is 0 Å². The summed E-state index contributed by atoms with van der Waals surface area (Å²) in [5.41, 5.74) is 0.416. The average Bonchev–Trinajstić information content (AvgIpc) is 2.39. The van der Waals surface area contributed by atoms with Crippen LogP contribution in [0.4, 0.5) is 0 Å². The van der Waals surface area contributed by atoms with Gasteiger partial charge in [0, 0.05) is 11.8 Å². The Labute approximate surface area is 83.0 Å². The monoisotopic (exact) mass is 232 g/mol. The number of rotatable bonds is 4. The molecule has 1 aliphatic rings. The highest BCUT2D eigenvalue weighted by Gasteiger charge is 2.56. The van der Waals surface area contributed by atoms with Gasteiger partial charge < -0.3 is 4.79 Å². The third kappa shape index (κ3) is 1.90. The van der Waals surface area contributed by atoms with Crippen LogP contribution in [0.1, 0.15) is 33.6 Å². The summed E-state index contributed by atoms with van der Waals surface area (Å²) in [5.74, 6) is 1.75. The van der Waals surface area contributed by atoms with Gasteiger partial charge in [0.25, 0.3) is 0 Å². The molecular weight excluding hydrogens is 216 g/mol. The van der Waals surface area contributed by atoms with Gasteiger partial charge in [0.05, 0.1) is 0 Å². The van der Waals surface area contributed by atoms with Gasteiger partial charge in [-0.25, -0.2) is 0 Å². The van der Waals surface area contributed by atoms with Crippen molar-refractivity contribution < 1.29 is 4.79 Å². The minimum atomic E-state index is 0.338. The summed E-state index contributed by atoms with van der Waals surface area (Å²) in [5, 5.41) is 1.06. The van der Waals surface area contributed by atoms with E-state index in [1.807, 2.05) is 0 Å². The van der Waals surface area contributed by atoms with E-state index in [0.717, 1.165) is 17.7 Å². The van der Waals surface area contributed by atoms with Crippen molar-refractivity contribution in [3.05, 3.63) is 0 Å². The quantitative estimate of drug-likeness (QED) is 0.682. The lowest BCUT2D eigenvalue weighted by Gasteiger charge is -1.99. The number of carbonyl (C=O) groups is 1. The summed E-state index contributed by atoms with van der Waals surface area (Å²) >= 11 is 3.45. The summed E-state index contributed by atoms with van der Waals surface area (Å²) in [4.78, 5) is 10.9. The summed E-state index contributed by atoms with van der Waals surface area (Å²) in [6.45, 7) is 6.24. The minimum absolute atomic E-state index is 0.338. The lowest BCUT2D eigenvalue weighted by atomic mass is 10.1. The maximum atomic E-state index is 10.9. The van der Waals surface area contributed by atoms with Gasteiger partial charge in [-0.2, -0.15) is 0 Å². The first-order valence-corrected chi connectivity index (χ1v) is 5.67. The number of alkyl halides is 1. The van der Waals surface area contributed by atoms with Gasteiger partial charge in [0.15, 0.2) is 0 Å². The predicted molar refractivity (Wildman–Crippen MR) is 54.5 cm³/mol. The molecule has 1 saturated carbocycles. The largest absolute Gasteiger partial charge is 0.300 e. The van der Waals surface area contributed by atoms with E-state index in [9.17, 15) is 4.79 Å². The van der Waals surface area contributed by atoms with Crippen molar-refractivity contribution in [1.82, 2.24) is 0 Å². The fraction of sp³-hybridized carbons (Fsp3) is 0.900. The van der Waals surface area contributed by atoms with E-state index in [-0.39, 0.29) is 0 Å². The molecule has 0 aromatic carbocycles. The Morgan fingerprint density at radius 1 is 1.42 bits per heavy atom. The molecule has 1 aliphatic carbocycles. The molecule has 0 unspecified atom stereocenters. The second kappa shape index (κ2) is 3.49. The SMILES string of the molecule is CC(=O)C[C@@H]1[C@H](CCBr)C1(C)C. The molecule has 0 heterocycles. The van der Waals surface area contributed by atoms with Crippen LogP contribution in [-0.2, 0) is 4.79 Å². The van der Waals surface area contributed by atoms with E-state index in [1.54, 1.807) is 6.92 Å². The number of Topliss-reactive ketones (excluding diaryl/α,β-unsaturated/α-hetero) is 1. The number of halogens is 1. The zero-order chi connectivity index (χ0) is 9.35. The molecule has 0 aromatic rings. The Kier molecular flexibility index (Phi) is 2.97. The Hall–Kier alpha value is 0.150. The summed E-state index contributed by atoms with van der Waals surface area (Å²) in [7, 11) is 0. The molecule has 0 radical (unpaired) electrons. The normalized spacial score (nSPS) is 31.7. The van der Waals surface area contributed by atoms with Crippen LogP contribution in [0.15, 0.2) is 0 Å². The highest BCUT2D eigenvalue weighted by molar-refractivity contribution is 9.09. The van der Waals surface area contributed by atoms with Crippen molar-refractivity contribution in [1.29, 1.82) is 0 Å². The molecule has 0 N–H and O–H groups in total. The lowest BCUT2D eigenvalue weighted by Crippen LogP contribution is -1.96. The fourth-order valence-corrected chi connectivity index (χ4v) is 2.76. The average molecular weight is 233 g/mol. The molecule has 2 heteroatoms. The van der Waals surface area contributed by atoms with Gasteiger partial charge in [-0.3, -0.25) is 0 Å². The highest BCUT2D eigenvalue weighted by Crippen LogP contribution is 2.61. The molecular formula is C10H17BrO. The molecule has 1 rings (SSSR count). The second-order valence-corrected chi connectivity index (χ2v) is 5.21. The minimum Gasteiger partial charge on any atom is -0.300 e. The topological polar surface area (TPSA) is 17.1 Å². The van der Waals surface area contributed by atoms with E-state index in [0.29, 0.717) is 17.1 Å². The van der Waals surface area contributed by atoms with E-state index in [2.05, 4.69) is 29.8 Å². The first-order chi connectivity index (χ1) is 5.50. The summed E-state index contributed by atoms with van der Waals surface area (Å²) < 4.78 is 0. The van der Waals surface area contributed by atoms with Crippen LogP contribution in [0.2, 0.25) is 0 Å². The predicted octanol–water partition coefficient (Wildman–Crippen LogP) is 3.02. The van der Waals surface area contributed by atoms with Crippen molar-refractivity contribution in [2.75, 3.05) is 5.33 Å². The molecule has 0 amide bonds. The standard InChI is InChI=1S/C10H17BrO/c1-7(12)6-9-8(4-5-11)10(9,2)3/h8-9H,4-6H2,1-3H3/t8-,9+/m0/s1. The van der Waals surface area contributed by atoms with Gasteiger partial charge in [-0.05, 0) is 30.6 Å². The molecule has 0 aromatic heterocycles. The molecule has 1 fully saturated rings. The molecule has 1 nitrogen and oxygen atoms in total. The van der Waals surface area contributed by atoms with E-state index < -0.39 is 0 Å². The highest BCUT2D eigenvalue weighted by atomic mass is 79.9. The van der Waals surface area contributed by atoms with E-state index in [1.165, 1.54) is 6.42 Å². The Morgan fingerprint density at radius 2 is 2.00 bits per heavy atom. The van der Waals surface area contributed by atoms with Crippen LogP contribution in [-0.4, -0.2) is 11.1 Å². The smallest absolute Gasteiger partial charge is 0.130 e. The Balaban J connectivity index is 2.43. The van der Waals surface area contributed by atoms with Crippen LogP contribution >= 0.6 is 15.9 Å². The molecule has 0 aliphatic heterocycles. The molecule has 12 heavy (non-hydrogen) atoms. The fourth-order valence-electron chi connectivity index (χ4n) is 2.26. The number of carbonyl (C=O) groups excluding carboxylic acids is 1. The van der Waals surface area contributed by atoms with Crippen LogP contribution in [0.5, 0.6) is 0 Å². The van der Waals surface area contributed by atoms with Gasteiger partial charge in [0.1, 0.15) is 5.78 Å². The van der Waals surface area contributed by atoms with E-state index >= 15 is 0 Å². The zero-order valence-electron chi connectivity index (χ0n) is 8.06. The molecule has 0 spiro atoms. The van der Waals surface area contributed by atoms with Crippen molar-refractivity contribution >= 4 is 21.7 Å². The van der Waals surface area contributed by atoms with Gasteiger partial charge in [-0.1, -0.05) is 29.8 Å². The van der Waals surface area contributed by atoms with Gasteiger partial charge in [0.2, 0.25) is 0 Å². The molecule has 0 bridgehead atoms. The number of hydrogen-bond donors (Lipinski definition) is 0. The lowest BCUT2D eigenvalue weighted by molar-refractivity contribution is -0.117. The molecule has 0 saturated heterocycles. The van der Waals surface area contributed by atoms with Crippen molar-refractivity contribution in [3.8, 4) is 0 Å². The van der Waals surface area contributed by atoms with E-state index in [4.69, 9.17) is 0 Å². The second-order valence-electron chi connectivity index (χ2n) is 4.42. The third-order valence-electron chi connectivity index (χ3n) is 3.22. The van der Waals surface area contributed by atoms with Crippen LogP contribution < -0.4 is 0 Å². The van der Waals surface area contributed by atoms with Crippen molar-refractivity contribution in [2.45, 2.75) is 33.6 Å². The van der Waals surface area contributed by atoms with Crippen molar-refractivity contribution in [2.24, 2.45) is 17.3 Å². The van der Waals surface area contributed by atoms with Crippen molar-refractivity contribution in [3.63, 3.8) is 0 Å². The number of hydrogen-bond acceptors (Lipinski definition) is 1.